The zero-order valence-electron chi connectivity index (χ0n) is 11.4. The summed E-state index contributed by atoms with van der Waals surface area (Å²) >= 11 is 0. The van der Waals surface area contributed by atoms with Gasteiger partial charge in [-0.2, -0.15) is 39.5 Å². The maximum atomic E-state index is 13.0. The van der Waals surface area contributed by atoms with Crippen molar-refractivity contribution < 1.29 is 58.1 Å². The molecule has 14 heteroatoms. The van der Waals surface area contributed by atoms with Crippen LogP contribution in [0.5, 0.6) is 0 Å². The highest BCUT2D eigenvalue weighted by atomic mass is 31.1. The van der Waals surface area contributed by atoms with Crippen LogP contribution in [0.15, 0.2) is 0 Å². The van der Waals surface area contributed by atoms with E-state index < -0.39 is 58.6 Å². The second-order valence-corrected chi connectivity index (χ2v) is 5.38. The molecule has 140 valence electrons. The van der Waals surface area contributed by atoms with Gasteiger partial charge in [-0.25, -0.2) is 0 Å². The molecule has 0 aliphatic carbocycles. The number of hydrogen-bond donors (Lipinski definition) is 0. The first-order valence-electron chi connectivity index (χ1n) is 5.68. The summed E-state index contributed by atoms with van der Waals surface area (Å²) in [6.45, 7) is -5.02. The largest absolute Gasteiger partial charge is 0.455 e. The first-order valence-corrected chi connectivity index (χ1v) is 7.49. The number of alkyl halides is 9. The van der Waals surface area contributed by atoms with Gasteiger partial charge in [0.2, 0.25) is 0 Å². The molecular formula is C9H12F9O4P. The zero-order valence-corrected chi connectivity index (χ0v) is 12.4. The van der Waals surface area contributed by atoms with Crippen molar-refractivity contribution in [3.63, 3.8) is 0 Å². The minimum Gasteiger partial charge on any atom is -0.372 e. The molecule has 0 aromatic rings. The Balaban J connectivity index is 4.51. The summed E-state index contributed by atoms with van der Waals surface area (Å²) in [5.41, 5.74) is 0. The van der Waals surface area contributed by atoms with Gasteiger partial charge in [-0.1, -0.05) is 0 Å². The van der Waals surface area contributed by atoms with E-state index in [1.165, 1.54) is 0 Å². The van der Waals surface area contributed by atoms with Gasteiger partial charge >= 0.3 is 24.1 Å². The zero-order chi connectivity index (χ0) is 18.5. The fourth-order valence-electron chi connectivity index (χ4n) is 0.897. The van der Waals surface area contributed by atoms with Gasteiger partial charge in [0.1, 0.15) is 13.2 Å². The average molecular weight is 386 g/mol. The molecular weight excluding hydrogens is 374 g/mol. The summed E-state index contributed by atoms with van der Waals surface area (Å²) in [5.74, 6) is -10.9. The van der Waals surface area contributed by atoms with Crippen LogP contribution < -0.4 is 0 Å². The molecule has 0 bridgehead atoms. The first-order chi connectivity index (χ1) is 10.1. The molecule has 0 fully saturated rings. The van der Waals surface area contributed by atoms with Gasteiger partial charge in [-0.15, -0.1) is 0 Å². The molecule has 0 aromatic carbocycles. The molecule has 0 saturated heterocycles. The fraction of sp³-hybridized carbons (Fsp3) is 1.00. The molecule has 1 atom stereocenters. The molecule has 0 radical (unpaired) electrons. The van der Waals surface area contributed by atoms with E-state index in [-0.39, 0.29) is 0 Å². The van der Waals surface area contributed by atoms with Gasteiger partial charge in [0, 0.05) is 6.66 Å². The van der Waals surface area contributed by atoms with E-state index >= 15 is 0 Å². The van der Waals surface area contributed by atoms with Gasteiger partial charge in [0.15, 0.2) is 8.03 Å². The van der Waals surface area contributed by atoms with Gasteiger partial charge in [-0.05, 0) is 0 Å². The first kappa shape index (κ1) is 22.5. The molecule has 0 aliphatic rings. The van der Waals surface area contributed by atoms with Gasteiger partial charge in [0.05, 0.1) is 13.2 Å². The van der Waals surface area contributed by atoms with E-state index in [1.807, 2.05) is 0 Å². The number of hydrogen-bond acceptors (Lipinski definition) is 4. The highest BCUT2D eigenvalue weighted by molar-refractivity contribution is 7.38. The average Bonchev–Trinajstić information content (AvgIpc) is 2.34. The molecule has 0 rings (SSSR count). The molecule has 0 saturated carbocycles. The van der Waals surface area contributed by atoms with E-state index in [2.05, 4.69) is 14.0 Å². The van der Waals surface area contributed by atoms with E-state index in [9.17, 15) is 44.1 Å². The summed E-state index contributed by atoms with van der Waals surface area (Å²) in [4.78, 5) is 0. The van der Waals surface area contributed by atoms with Crippen LogP contribution in [0.1, 0.15) is 0 Å². The van der Waals surface area contributed by atoms with Crippen molar-refractivity contribution in [2.24, 2.45) is 0 Å². The van der Waals surface area contributed by atoms with Crippen LogP contribution in [0, 0.1) is 0 Å². The van der Waals surface area contributed by atoms with Crippen LogP contribution in [0.4, 0.5) is 39.5 Å². The normalized spacial score (nSPS) is 15.7. The van der Waals surface area contributed by atoms with Crippen LogP contribution in [0.3, 0.4) is 0 Å². The third kappa shape index (κ3) is 7.27. The van der Waals surface area contributed by atoms with Crippen LogP contribution in [0.2, 0.25) is 0 Å². The summed E-state index contributed by atoms with van der Waals surface area (Å²) in [5, 5.41) is 0. The lowest BCUT2D eigenvalue weighted by molar-refractivity contribution is -0.385. The molecule has 0 amide bonds. The number of ether oxygens (including phenoxy) is 2. The molecule has 1 unspecified atom stereocenters. The molecule has 0 aliphatic heterocycles. The monoisotopic (exact) mass is 386 g/mol. The molecule has 23 heavy (non-hydrogen) atoms. The maximum Gasteiger partial charge on any atom is 0.455 e. The Labute approximate surface area is 124 Å². The van der Waals surface area contributed by atoms with Crippen molar-refractivity contribution in [1.82, 2.24) is 0 Å². The van der Waals surface area contributed by atoms with Crippen molar-refractivity contribution in [3.05, 3.63) is 0 Å². The molecule has 4 nitrogen and oxygen atoms in total. The minimum atomic E-state index is -6.23. The fourth-order valence-corrected chi connectivity index (χ4v) is 1.27. The Hall–Kier alpha value is -0.520. The Morgan fingerprint density at radius 1 is 0.826 bits per heavy atom. The lowest BCUT2D eigenvalue weighted by Crippen LogP contribution is -2.50. The smallest absolute Gasteiger partial charge is 0.372 e. The lowest BCUT2D eigenvalue weighted by Gasteiger charge is -2.28. The van der Waals surface area contributed by atoms with Crippen molar-refractivity contribution in [3.8, 4) is 0 Å². The SMILES string of the molecule is C[PH](=O)OCCOCC(F)(F)C(F)(F)OCC(F)(F)C(F)(F)F. The highest BCUT2D eigenvalue weighted by Gasteiger charge is 2.63. The Kier molecular flexibility index (Phi) is 7.86. The van der Waals surface area contributed by atoms with Gasteiger partial charge < -0.3 is 14.0 Å². The Morgan fingerprint density at radius 3 is 1.78 bits per heavy atom. The van der Waals surface area contributed by atoms with Crippen molar-refractivity contribution in [2.75, 3.05) is 33.1 Å². The van der Waals surface area contributed by atoms with Gasteiger partial charge in [0.25, 0.3) is 0 Å². The summed E-state index contributed by atoms with van der Waals surface area (Å²) in [6.07, 6.45) is -11.9. The van der Waals surface area contributed by atoms with Crippen LogP contribution in [-0.2, 0) is 18.6 Å². The van der Waals surface area contributed by atoms with E-state index in [4.69, 9.17) is 0 Å². The summed E-state index contributed by atoms with van der Waals surface area (Å²) in [6, 6.07) is 0. The Bertz CT molecular complexity index is 399. The number of halogens is 9. The lowest BCUT2D eigenvalue weighted by atomic mass is 10.3. The quantitative estimate of drug-likeness (QED) is 0.327. The predicted molar refractivity (Wildman–Crippen MR) is 58.5 cm³/mol. The van der Waals surface area contributed by atoms with Crippen LogP contribution in [-0.4, -0.2) is 57.2 Å². The van der Waals surface area contributed by atoms with Crippen molar-refractivity contribution in [1.29, 1.82) is 0 Å². The molecule has 0 heterocycles. The van der Waals surface area contributed by atoms with E-state index in [0.29, 0.717) is 0 Å². The summed E-state index contributed by atoms with van der Waals surface area (Å²) < 4.78 is 134. The maximum absolute atomic E-state index is 13.0. The van der Waals surface area contributed by atoms with E-state index in [0.717, 1.165) is 6.66 Å². The van der Waals surface area contributed by atoms with Crippen molar-refractivity contribution in [2.45, 2.75) is 24.1 Å². The van der Waals surface area contributed by atoms with Gasteiger partial charge in [-0.3, -0.25) is 4.57 Å². The topological polar surface area (TPSA) is 44.8 Å². The third-order valence-corrected chi connectivity index (χ3v) is 2.70. The highest BCUT2D eigenvalue weighted by Crippen LogP contribution is 2.40. The Morgan fingerprint density at radius 2 is 1.35 bits per heavy atom. The minimum absolute atomic E-state index is 0.469. The predicted octanol–water partition coefficient (Wildman–Crippen LogP) is 3.57. The second kappa shape index (κ2) is 8.04. The van der Waals surface area contributed by atoms with E-state index in [1.54, 1.807) is 0 Å². The molecule has 0 spiro atoms. The second-order valence-electron chi connectivity index (χ2n) is 4.10. The molecule has 0 N–H and O–H groups in total. The van der Waals surface area contributed by atoms with Crippen LogP contribution >= 0.6 is 8.03 Å². The molecule has 0 aromatic heterocycles. The standard InChI is InChI=1S/C9H12F9O4P/c1-23(19)22-3-2-20-4-7(12,13)9(17,18)21-5-6(10,11)8(14,15)16/h23H,2-5H2,1H3. The van der Waals surface area contributed by atoms with Crippen LogP contribution in [0.25, 0.3) is 0 Å². The van der Waals surface area contributed by atoms with Crippen molar-refractivity contribution >= 4 is 8.03 Å². The summed E-state index contributed by atoms with van der Waals surface area (Å²) in [7, 11) is -2.40. The third-order valence-electron chi connectivity index (χ3n) is 2.09. The number of rotatable bonds is 10.